The van der Waals surface area contributed by atoms with E-state index in [1.165, 1.54) is 48.7 Å². The van der Waals surface area contributed by atoms with Gasteiger partial charge in [-0.1, -0.05) is 72.8 Å². The number of anilines is 3. The zero-order valence-electron chi connectivity index (χ0n) is 72.0. The summed E-state index contributed by atoms with van der Waals surface area (Å²) >= 11 is 22.6. The minimum absolute atomic E-state index is 0.231. The highest BCUT2D eigenvalue weighted by Crippen LogP contribution is 2.42. The molecular weight excluding hydrogens is 1690 g/mol. The van der Waals surface area contributed by atoms with E-state index in [1.807, 2.05) is 266 Å². The average molecular weight is 1790 g/mol. The summed E-state index contributed by atoms with van der Waals surface area (Å²) in [6, 6.07) is 52.1. The van der Waals surface area contributed by atoms with Crippen LogP contribution in [0.1, 0.15) is 133 Å². The van der Waals surface area contributed by atoms with Crippen molar-refractivity contribution in [3.8, 4) is 34.5 Å². The monoisotopic (exact) mass is 1790 g/mol. The first kappa shape index (κ1) is 94.6. The van der Waals surface area contributed by atoms with Gasteiger partial charge in [0.15, 0.2) is 0 Å². The predicted molar refractivity (Wildman–Crippen MR) is 486 cm³/mol. The second kappa shape index (κ2) is 42.6. The number of halogens is 3. The van der Waals surface area contributed by atoms with E-state index in [1.54, 1.807) is 65.8 Å². The first-order valence-corrected chi connectivity index (χ1v) is 44.8. The van der Waals surface area contributed by atoms with Gasteiger partial charge in [0.05, 0.1) is 0 Å². The van der Waals surface area contributed by atoms with Crippen molar-refractivity contribution in [3.63, 3.8) is 0 Å². The van der Waals surface area contributed by atoms with Crippen molar-refractivity contribution < 1.29 is 71.6 Å². The maximum absolute atomic E-state index is 14.2. The molecule has 12 rings (SSSR count). The maximum Gasteiger partial charge on any atom is 0.410 e. The van der Waals surface area contributed by atoms with Crippen LogP contribution in [0.3, 0.4) is 0 Å². The van der Waals surface area contributed by atoms with E-state index in [4.69, 9.17) is 63.2 Å². The van der Waals surface area contributed by atoms with Gasteiger partial charge in [0.1, 0.15) is 87.1 Å². The Labute approximate surface area is 747 Å². The molecule has 0 unspecified atom stereocenters. The molecule has 3 fully saturated rings. The Kier molecular flexibility index (Phi) is 32.8. The van der Waals surface area contributed by atoms with Crippen LogP contribution in [0.2, 0.25) is 0 Å². The molecule has 3 aromatic heterocycles. The van der Waals surface area contributed by atoms with E-state index in [2.05, 4.69) is 0 Å². The SMILES string of the molecule is Cc1cc(Oc2ccccc2)ccc1N(C(=O)CCl)[C@@H](C(=O)N1CCN(C(=O)OC(C)(C)C)[C@@H](C)C1)c1cccs1.Cc1cc(Oc2ccccc2)ccc1N(C(=O)CCl)[C@H](C(=O)N1CCN(C(=O)OC(C)(C)C)[C@@H](C)C1)c1cccs1.Cc1cc(Oc2ccccc2)ccc1N(C(=O)CCl)[C@H](C(=O)N1CCN(C(=O)OC(C)(C)C)[C@H](C)C1)c1cccs1. The Balaban J connectivity index is 0.000000193. The van der Waals surface area contributed by atoms with Gasteiger partial charge in [0.2, 0.25) is 17.7 Å². The molecule has 0 saturated carbocycles. The number of rotatable bonds is 21. The average Bonchev–Trinajstić information content (AvgIpc) is 1.77. The van der Waals surface area contributed by atoms with Crippen molar-refractivity contribution in [2.75, 3.05) is 91.2 Å². The predicted octanol–water partition coefficient (Wildman–Crippen LogP) is 19.9. The minimum Gasteiger partial charge on any atom is -0.457 e. The molecule has 6 heterocycles. The van der Waals surface area contributed by atoms with Crippen molar-refractivity contribution in [1.82, 2.24) is 29.4 Å². The van der Waals surface area contributed by atoms with Crippen LogP contribution >= 0.6 is 68.8 Å². The second-order valence-corrected chi connectivity index (χ2v) is 36.7. The van der Waals surface area contributed by atoms with E-state index >= 15 is 0 Å². The van der Waals surface area contributed by atoms with Gasteiger partial charge in [-0.2, -0.15) is 0 Å². The number of hydrogen-bond acceptors (Lipinski definition) is 18. The summed E-state index contributed by atoms with van der Waals surface area (Å²) in [5.41, 5.74) is 2.15. The first-order chi connectivity index (χ1) is 58.4. The number of hydrogen-bond donors (Lipinski definition) is 0. The third kappa shape index (κ3) is 25.3. The molecule has 6 aromatic carbocycles. The second-order valence-electron chi connectivity index (χ2n) is 33.0. The Morgan fingerprint density at radius 2 is 0.593 bits per heavy atom. The number of thiophene rings is 3. The number of carbonyl (C=O) groups is 9. The number of nitrogens with zero attached hydrogens (tertiary/aromatic N) is 9. The van der Waals surface area contributed by atoms with Crippen LogP contribution in [0, 0.1) is 20.8 Å². The summed E-state index contributed by atoms with van der Waals surface area (Å²) in [6.45, 7) is 30.6. The summed E-state index contributed by atoms with van der Waals surface area (Å²) in [4.78, 5) is 138. The van der Waals surface area contributed by atoms with E-state index in [-0.39, 0.29) is 53.5 Å². The van der Waals surface area contributed by atoms with Gasteiger partial charge in [0, 0.05) is 109 Å². The number of piperazine rings is 3. The van der Waals surface area contributed by atoms with E-state index in [0.717, 1.165) is 31.3 Å². The minimum atomic E-state index is -0.916. The van der Waals surface area contributed by atoms with Gasteiger partial charge in [-0.3, -0.25) is 43.5 Å². The fourth-order valence-corrected chi connectivity index (χ4v) is 17.2. The summed E-state index contributed by atoms with van der Waals surface area (Å²) < 4.78 is 34.6. The molecule has 0 N–H and O–H groups in total. The molecular formula is C93H108Cl3N9O15S3. The summed E-state index contributed by atoms with van der Waals surface area (Å²) in [5, 5.41) is 5.64. The van der Waals surface area contributed by atoms with E-state index in [9.17, 15) is 43.2 Å². The number of ether oxygens (including phenoxy) is 6. The highest BCUT2D eigenvalue weighted by atomic mass is 35.5. The smallest absolute Gasteiger partial charge is 0.410 e. The van der Waals surface area contributed by atoms with Crippen molar-refractivity contribution in [2.24, 2.45) is 0 Å². The van der Waals surface area contributed by atoms with E-state index < -0.39 is 70.9 Å². The van der Waals surface area contributed by atoms with Crippen molar-refractivity contribution in [2.45, 2.75) is 157 Å². The Hall–Kier alpha value is -10.7. The summed E-state index contributed by atoms with van der Waals surface area (Å²) in [6.07, 6.45) is -1.21. The number of para-hydroxylation sites is 3. The lowest BCUT2D eigenvalue weighted by molar-refractivity contribution is -0.137. The zero-order valence-corrected chi connectivity index (χ0v) is 76.7. The van der Waals surface area contributed by atoms with Crippen LogP contribution in [-0.2, 0) is 43.0 Å². The van der Waals surface area contributed by atoms with Crippen LogP contribution in [0.25, 0.3) is 0 Å². The Bertz CT molecular complexity index is 4580. The van der Waals surface area contributed by atoms with Crippen LogP contribution < -0.4 is 28.9 Å². The molecule has 0 aliphatic carbocycles. The standard InChI is InChI=1S/3C31H36ClN3O5S/c3*1-21-18-24(39-23-10-7-6-8-11-23)13-14-25(21)35(27(36)19-32)28(26-12-9-17-41-26)29(37)33-15-16-34(22(2)20-33)30(38)40-31(3,4)5/h3*6-14,17-18,22,28H,15-16,19-20H2,1-5H3/t2*22-,28+;22-,28-/m100/s1. The van der Waals surface area contributed by atoms with Gasteiger partial charge in [0.25, 0.3) is 17.7 Å². The normalized spacial score (nSPS) is 16.2. The fourth-order valence-electron chi connectivity index (χ4n) is 14.4. The number of benzene rings is 6. The molecule has 123 heavy (non-hydrogen) atoms. The quantitative estimate of drug-likeness (QED) is 0.0480. The molecule has 3 aliphatic rings. The van der Waals surface area contributed by atoms with Crippen LogP contribution in [0.4, 0.5) is 31.4 Å². The van der Waals surface area contributed by atoms with Gasteiger partial charge in [-0.05, 0) is 246 Å². The third-order valence-corrected chi connectivity index (χ3v) is 23.4. The number of carbonyl (C=O) groups excluding carboxylic acids is 9. The Morgan fingerprint density at radius 1 is 0.350 bits per heavy atom. The van der Waals surface area contributed by atoms with Crippen molar-refractivity contribution >= 4 is 140 Å². The van der Waals surface area contributed by atoms with Crippen LogP contribution in [0.5, 0.6) is 34.5 Å². The van der Waals surface area contributed by atoms with Crippen molar-refractivity contribution in [3.05, 3.63) is 229 Å². The molecule has 0 radical (unpaired) electrons. The summed E-state index contributed by atoms with van der Waals surface area (Å²) in [5.74, 6) is 1.18. The molecule has 24 nitrogen and oxygen atoms in total. The van der Waals surface area contributed by atoms with Gasteiger partial charge < -0.3 is 57.8 Å². The van der Waals surface area contributed by atoms with Crippen LogP contribution in [0.15, 0.2) is 198 Å². The molecule has 6 atom stereocenters. The van der Waals surface area contributed by atoms with Gasteiger partial charge >= 0.3 is 18.3 Å². The van der Waals surface area contributed by atoms with Gasteiger partial charge in [-0.25, -0.2) is 14.4 Å². The van der Waals surface area contributed by atoms with Crippen molar-refractivity contribution in [1.29, 1.82) is 0 Å². The van der Waals surface area contributed by atoms with Gasteiger partial charge in [-0.15, -0.1) is 68.8 Å². The molecule has 30 heteroatoms. The molecule has 3 saturated heterocycles. The highest BCUT2D eigenvalue weighted by Gasteiger charge is 2.45. The van der Waals surface area contributed by atoms with Crippen LogP contribution in [-0.4, -0.2) is 195 Å². The lowest BCUT2D eigenvalue weighted by atomic mass is 10.1. The molecule has 0 bridgehead atoms. The zero-order chi connectivity index (χ0) is 89.2. The molecule has 0 spiro atoms. The topological polar surface area (TPSA) is 238 Å². The molecule has 9 amide bonds. The fraction of sp³-hybridized carbons (Fsp3) is 0.387. The maximum atomic E-state index is 14.2. The highest BCUT2D eigenvalue weighted by molar-refractivity contribution is 7.10. The number of alkyl halides is 3. The third-order valence-electron chi connectivity index (χ3n) is 20.0. The molecule has 3 aliphatic heterocycles. The van der Waals surface area contributed by atoms with E-state index in [0.29, 0.717) is 110 Å². The molecule has 9 aromatic rings. The largest absolute Gasteiger partial charge is 0.457 e. The molecule has 654 valence electrons. The first-order valence-electron chi connectivity index (χ1n) is 40.5. The lowest BCUT2D eigenvalue weighted by Gasteiger charge is -2.42. The number of aryl methyl sites for hydroxylation is 3. The Morgan fingerprint density at radius 3 is 0.789 bits per heavy atom. The lowest BCUT2D eigenvalue weighted by Crippen LogP contribution is -2.58. The summed E-state index contributed by atoms with van der Waals surface area (Å²) in [7, 11) is 0. The number of amides is 9.